The van der Waals surface area contributed by atoms with E-state index in [1.54, 1.807) is 29.9 Å². The molecule has 0 aliphatic heterocycles. The highest BCUT2D eigenvalue weighted by Crippen LogP contribution is 2.29. The number of pyridine rings is 2. The van der Waals surface area contributed by atoms with Crippen LogP contribution in [-0.4, -0.2) is 19.1 Å². The number of hydrogen-bond acceptors (Lipinski definition) is 3. The third-order valence-electron chi connectivity index (χ3n) is 4.33. The number of fused-ring (bicyclic) bond motifs is 1. The molecule has 0 unspecified atom stereocenters. The van der Waals surface area contributed by atoms with Crippen LogP contribution in [0.4, 0.5) is 4.39 Å². The van der Waals surface area contributed by atoms with E-state index in [1.165, 1.54) is 16.8 Å². The van der Waals surface area contributed by atoms with E-state index in [-0.39, 0.29) is 12.2 Å². The first-order valence-electron chi connectivity index (χ1n) is 8.04. The zero-order valence-corrected chi connectivity index (χ0v) is 15.7. The van der Waals surface area contributed by atoms with Crippen molar-refractivity contribution in [1.29, 1.82) is 0 Å². The van der Waals surface area contributed by atoms with Crippen molar-refractivity contribution in [2.24, 2.45) is 7.05 Å². The minimum absolute atomic E-state index is 0.188. The fourth-order valence-corrected chi connectivity index (χ4v) is 3.29. The van der Waals surface area contributed by atoms with Crippen LogP contribution >= 0.6 is 23.2 Å². The Morgan fingerprint density at radius 3 is 2.59 bits per heavy atom. The summed E-state index contributed by atoms with van der Waals surface area (Å²) in [6.45, 7) is 0.188. The van der Waals surface area contributed by atoms with Crippen LogP contribution in [-0.2, 0) is 13.6 Å². The summed E-state index contributed by atoms with van der Waals surface area (Å²) in [5.41, 5.74) is 3.13. The SMILES string of the molecule is Cn1c(=O)n(Cc2cncc(F)c2)c2cc(-c3ccc(Cl)c(Cl)c3)cnc21. The van der Waals surface area contributed by atoms with Crippen LogP contribution in [0.5, 0.6) is 0 Å². The topological polar surface area (TPSA) is 52.7 Å². The van der Waals surface area contributed by atoms with Gasteiger partial charge in [-0.05, 0) is 35.4 Å². The minimum atomic E-state index is -0.449. The molecule has 3 heterocycles. The molecule has 0 spiro atoms. The maximum absolute atomic E-state index is 13.5. The van der Waals surface area contributed by atoms with Crippen LogP contribution in [0.2, 0.25) is 10.0 Å². The molecule has 0 amide bonds. The molecular weight excluding hydrogens is 390 g/mol. The van der Waals surface area contributed by atoms with Crippen molar-refractivity contribution < 1.29 is 4.39 Å². The van der Waals surface area contributed by atoms with Gasteiger partial charge in [0.05, 0.1) is 28.3 Å². The van der Waals surface area contributed by atoms with Crippen molar-refractivity contribution in [3.8, 4) is 11.1 Å². The molecule has 0 bridgehead atoms. The molecule has 5 nitrogen and oxygen atoms in total. The summed E-state index contributed by atoms with van der Waals surface area (Å²) in [6.07, 6.45) is 4.33. The number of rotatable bonds is 3. The van der Waals surface area contributed by atoms with Gasteiger partial charge in [0.1, 0.15) is 5.82 Å². The largest absolute Gasteiger partial charge is 0.330 e. The molecule has 4 rings (SSSR count). The van der Waals surface area contributed by atoms with E-state index in [1.807, 2.05) is 12.1 Å². The Hall–Kier alpha value is -2.70. The van der Waals surface area contributed by atoms with Crippen LogP contribution in [0.1, 0.15) is 5.56 Å². The summed E-state index contributed by atoms with van der Waals surface area (Å²) in [6, 6.07) is 8.50. The summed E-state index contributed by atoms with van der Waals surface area (Å²) in [4.78, 5) is 20.9. The van der Waals surface area contributed by atoms with Gasteiger partial charge in [-0.15, -0.1) is 0 Å². The summed E-state index contributed by atoms with van der Waals surface area (Å²) >= 11 is 12.1. The maximum atomic E-state index is 13.5. The molecule has 0 radical (unpaired) electrons. The van der Waals surface area contributed by atoms with Crippen molar-refractivity contribution in [2.75, 3.05) is 0 Å². The molecule has 0 atom stereocenters. The van der Waals surface area contributed by atoms with E-state index in [0.717, 1.165) is 17.3 Å². The summed E-state index contributed by atoms with van der Waals surface area (Å²) < 4.78 is 16.5. The fraction of sp³-hybridized carbons (Fsp3) is 0.105. The molecule has 136 valence electrons. The molecule has 0 saturated heterocycles. The highest BCUT2D eigenvalue weighted by Gasteiger charge is 2.14. The van der Waals surface area contributed by atoms with E-state index < -0.39 is 5.82 Å². The Morgan fingerprint density at radius 2 is 1.85 bits per heavy atom. The average molecular weight is 403 g/mol. The predicted molar refractivity (Wildman–Crippen MR) is 104 cm³/mol. The van der Waals surface area contributed by atoms with E-state index in [0.29, 0.717) is 26.8 Å². The lowest BCUT2D eigenvalue weighted by Gasteiger charge is -2.06. The Balaban J connectivity index is 1.87. The van der Waals surface area contributed by atoms with Crippen LogP contribution in [0, 0.1) is 5.82 Å². The lowest BCUT2D eigenvalue weighted by atomic mass is 10.1. The molecule has 0 aliphatic rings. The predicted octanol–water partition coefficient (Wildman–Crippen LogP) is 4.29. The third-order valence-corrected chi connectivity index (χ3v) is 5.07. The zero-order chi connectivity index (χ0) is 19.1. The lowest BCUT2D eigenvalue weighted by Crippen LogP contribution is -2.22. The highest BCUT2D eigenvalue weighted by atomic mass is 35.5. The van der Waals surface area contributed by atoms with Crippen molar-refractivity contribution >= 4 is 34.4 Å². The second-order valence-corrected chi connectivity index (χ2v) is 6.95. The number of hydrogen-bond donors (Lipinski definition) is 0. The monoisotopic (exact) mass is 402 g/mol. The molecule has 0 aliphatic carbocycles. The van der Waals surface area contributed by atoms with E-state index in [4.69, 9.17) is 23.2 Å². The normalized spacial score (nSPS) is 11.3. The van der Waals surface area contributed by atoms with Gasteiger partial charge in [0.15, 0.2) is 5.65 Å². The van der Waals surface area contributed by atoms with Crippen molar-refractivity contribution in [3.63, 3.8) is 0 Å². The molecule has 3 aromatic heterocycles. The molecule has 8 heteroatoms. The van der Waals surface area contributed by atoms with E-state index in [2.05, 4.69) is 9.97 Å². The Kier molecular flexibility index (Phi) is 4.45. The Bertz CT molecular complexity index is 1230. The van der Waals surface area contributed by atoms with Gasteiger partial charge < -0.3 is 0 Å². The molecule has 0 saturated carbocycles. The second kappa shape index (κ2) is 6.79. The molecule has 0 N–H and O–H groups in total. The Morgan fingerprint density at radius 1 is 1.04 bits per heavy atom. The van der Waals surface area contributed by atoms with Gasteiger partial charge in [0, 0.05) is 25.0 Å². The van der Waals surface area contributed by atoms with Gasteiger partial charge in [0.25, 0.3) is 0 Å². The number of aromatic nitrogens is 4. The molecular formula is C19H13Cl2FN4O. The molecule has 1 aromatic carbocycles. The van der Waals surface area contributed by atoms with Crippen molar-refractivity contribution in [1.82, 2.24) is 19.1 Å². The van der Waals surface area contributed by atoms with Gasteiger partial charge in [-0.3, -0.25) is 14.1 Å². The zero-order valence-electron chi connectivity index (χ0n) is 14.2. The van der Waals surface area contributed by atoms with Crippen LogP contribution in [0.15, 0.2) is 53.7 Å². The number of nitrogens with zero attached hydrogens (tertiary/aromatic N) is 4. The highest BCUT2D eigenvalue weighted by molar-refractivity contribution is 6.42. The average Bonchev–Trinajstić information content (AvgIpc) is 2.88. The summed E-state index contributed by atoms with van der Waals surface area (Å²) in [7, 11) is 1.65. The standard InChI is InChI=1S/C19H13Cl2FN4O/c1-25-18-17(26(19(25)27)10-11-4-14(22)9-23-7-11)6-13(8-24-18)12-2-3-15(20)16(21)5-12/h2-9H,10H2,1H3. The number of aryl methyl sites for hydroxylation is 1. The van der Waals surface area contributed by atoms with Crippen LogP contribution in [0.3, 0.4) is 0 Å². The van der Waals surface area contributed by atoms with Gasteiger partial charge in [0.2, 0.25) is 0 Å². The number of imidazole rings is 1. The fourth-order valence-electron chi connectivity index (χ4n) is 2.99. The number of benzene rings is 1. The van der Waals surface area contributed by atoms with Gasteiger partial charge in [-0.25, -0.2) is 14.2 Å². The van der Waals surface area contributed by atoms with Crippen LogP contribution < -0.4 is 5.69 Å². The van der Waals surface area contributed by atoms with E-state index in [9.17, 15) is 9.18 Å². The minimum Gasteiger partial charge on any atom is -0.286 e. The Labute approximate surface area is 163 Å². The maximum Gasteiger partial charge on any atom is 0.330 e. The summed E-state index contributed by atoms with van der Waals surface area (Å²) in [5.74, 6) is -0.449. The smallest absolute Gasteiger partial charge is 0.286 e. The molecule has 27 heavy (non-hydrogen) atoms. The molecule has 4 aromatic rings. The molecule has 0 fully saturated rings. The first kappa shape index (κ1) is 17.7. The summed E-state index contributed by atoms with van der Waals surface area (Å²) in [5, 5.41) is 0.898. The third kappa shape index (κ3) is 3.22. The first-order chi connectivity index (χ1) is 12.9. The van der Waals surface area contributed by atoms with Gasteiger partial charge in [-0.1, -0.05) is 29.3 Å². The van der Waals surface area contributed by atoms with Crippen molar-refractivity contribution in [2.45, 2.75) is 6.54 Å². The van der Waals surface area contributed by atoms with Crippen LogP contribution in [0.25, 0.3) is 22.3 Å². The number of halogens is 3. The second-order valence-electron chi connectivity index (χ2n) is 6.13. The van der Waals surface area contributed by atoms with Gasteiger partial charge >= 0.3 is 5.69 Å². The lowest BCUT2D eigenvalue weighted by molar-refractivity contribution is 0.615. The van der Waals surface area contributed by atoms with Crippen molar-refractivity contribution in [3.05, 3.63) is 80.8 Å². The first-order valence-corrected chi connectivity index (χ1v) is 8.80. The quantitative estimate of drug-likeness (QED) is 0.513. The van der Waals surface area contributed by atoms with E-state index >= 15 is 0 Å². The van der Waals surface area contributed by atoms with Gasteiger partial charge in [-0.2, -0.15) is 0 Å².